The highest BCUT2D eigenvalue weighted by molar-refractivity contribution is 5.86. The van der Waals surface area contributed by atoms with Crippen LogP contribution in [0.2, 0.25) is 0 Å². The van der Waals surface area contributed by atoms with Crippen molar-refractivity contribution in [2.45, 2.75) is 46.1 Å². The number of carbonyl (C=O) groups excluding carboxylic acids is 2. The zero-order chi connectivity index (χ0) is 12.3. The summed E-state index contributed by atoms with van der Waals surface area (Å²) in [6.07, 6.45) is 3.06. The number of carbonyl (C=O) groups is 2. The van der Waals surface area contributed by atoms with Crippen LogP contribution >= 0.6 is 0 Å². The molecule has 1 saturated carbocycles. The lowest BCUT2D eigenvalue weighted by atomic mass is 9.81. The van der Waals surface area contributed by atoms with Gasteiger partial charge < -0.3 is 10.1 Å². The van der Waals surface area contributed by atoms with Gasteiger partial charge in [0, 0.05) is 5.92 Å². The van der Waals surface area contributed by atoms with E-state index in [0.29, 0.717) is 0 Å². The minimum atomic E-state index is -0.561. The Bertz CT molecular complexity index is 286. The molecule has 0 heterocycles. The second-order valence-corrected chi connectivity index (χ2v) is 5.19. The van der Waals surface area contributed by atoms with Crippen LogP contribution in [0.3, 0.4) is 0 Å². The molecule has 92 valence electrons. The van der Waals surface area contributed by atoms with Gasteiger partial charge in [-0.05, 0) is 25.2 Å². The Morgan fingerprint density at radius 3 is 2.50 bits per heavy atom. The maximum absolute atomic E-state index is 12.0. The summed E-state index contributed by atoms with van der Waals surface area (Å²) >= 11 is 0. The van der Waals surface area contributed by atoms with Crippen molar-refractivity contribution in [2.75, 3.05) is 7.11 Å². The number of hydrogen-bond donors (Lipinski definition) is 1. The maximum atomic E-state index is 12.0. The third-order valence-corrected chi connectivity index (χ3v) is 3.49. The zero-order valence-corrected chi connectivity index (χ0v) is 10.5. The van der Waals surface area contributed by atoms with Crippen LogP contribution in [0.15, 0.2) is 0 Å². The van der Waals surface area contributed by atoms with Gasteiger partial charge in [-0.25, -0.2) is 4.79 Å². The Morgan fingerprint density at radius 2 is 2.06 bits per heavy atom. The van der Waals surface area contributed by atoms with E-state index in [1.54, 1.807) is 6.92 Å². The Labute approximate surface area is 96.7 Å². The lowest BCUT2D eigenvalue weighted by Crippen LogP contribution is -2.44. The maximum Gasteiger partial charge on any atom is 0.328 e. The molecule has 2 atom stereocenters. The first-order chi connectivity index (χ1) is 7.38. The lowest BCUT2D eigenvalue weighted by Gasteiger charge is -2.26. The van der Waals surface area contributed by atoms with Crippen LogP contribution in [0.5, 0.6) is 0 Å². The van der Waals surface area contributed by atoms with Crippen LogP contribution in [0.25, 0.3) is 0 Å². The first-order valence-electron chi connectivity index (χ1n) is 5.76. The van der Waals surface area contributed by atoms with E-state index in [0.717, 1.165) is 19.3 Å². The summed E-state index contributed by atoms with van der Waals surface area (Å²) in [5.41, 5.74) is 0.0416. The van der Waals surface area contributed by atoms with Crippen LogP contribution < -0.4 is 5.32 Å². The SMILES string of the molecule is COC(=O)C(C)NC(=O)C1CCCC1(C)C. The molecule has 1 fully saturated rings. The number of nitrogens with one attached hydrogen (secondary N) is 1. The number of rotatable bonds is 3. The first-order valence-corrected chi connectivity index (χ1v) is 5.76. The van der Waals surface area contributed by atoms with Gasteiger partial charge in [0.1, 0.15) is 6.04 Å². The summed E-state index contributed by atoms with van der Waals surface area (Å²) in [7, 11) is 1.32. The summed E-state index contributed by atoms with van der Waals surface area (Å²) < 4.78 is 4.57. The normalized spacial score (nSPS) is 24.9. The summed E-state index contributed by atoms with van der Waals surface area (Å²) in [5.74, 6) is -0.413. The zero-order valence-electron chi connectivity index (χ0n) is 10.5. The molecule has 0 aromatic heterocycles. The minimum absolute atomic E-state index is 0.0135. The summed E-state index contributed by atoms with van der Waals surface area (Å²) in [6.45, 7) is 5.85. The summed E-state index contributed by atoms with van der Waals surface area (Å²) in [4.78, 5) is 23.2. The minimum Gasteiger partial charge on any atom is -0.467 e. The topological polar surface area (TPSA) is 55.4 Å². The van der Waals surface area contributed by atoms with E-state index in [1.807, 2.05) is 0 Å². The monoisotopic (exact) mass is 227 g/mol. The molecule has 4 heteroatoms. The molecule has 1 amide bonds. The molecule has 0 aliphatic heterocycles. The van der Waals surface area contributed by atoms with E-state index in [1.165, 1.54) is 7.11 Å². The van der Waals surface area contributed by atoms with Crippen LogP contribution in [0.4, 0.5) is 0 Å². The van der Waals surface area contributed by atoms with E-state index in [4.69, 9.17) is 0 Å². The Morgan fingerprint density at radius 1 is 1.44 bits per heavy atom. The van der Waals surface area contributed by atoms with E-state index in [2.05, 4.69) is 23.9 Å². The molecule has 0 radical (unpaired) electrons. The molecule has 1 aliphatic carbocycles. The van der Waals surface area contributed by atoms with Gasteiger partial charge in [0.15, 0.2) is 0 Å². The van der Waals surface area contributed by atoms with Crippen molar-refractivity contribution in [3.8, 4) is 0 Å². The number of amides is 1. The van der Waals surface area contributed by atoms with Gasteiger partial charge in [0.05, 0.1) is 7.11 Å². The molecule has 0 bridgehead atoms. The van der Waals surface area contributed by atoms with Crippen LogP contribution in [0.1, 0.15) is 40.0 Å². The fourth-order valence-corrected chi connectivity index (χ4v) is 2.36. The van der Waals surface area contributed by atoms with Crippen molar-refractivity contribution < 1.29 is 14.3 Å². The van der Waals surface area contributed by atoms with E-state index < -0.39 is 12.0 Å². The van der Waals surface area contributed by atoms with Crippen molar-refractivity contribution >= 4 is 11.9 Å². The van der Waals surface area contributed by atoms with Crippen molar-refractivity contribution in [1.29, 1.82) is 0 Å². The first kappa shape index (κ1) is 13.0. The lowest BCUT2D eigenvalue weighted by molar-refractivity contribution is -0.145. The molecule has 0 aromatic carbocycles. The molecule has 1 rings (SSSR count). The Kier molecular flexibility index (Phi) is 3.94. The molecular formula is C12H21NO3. The predicted octanol–water partition coefficient (Wildman–Crippen LogP) is 1.49. The molecule has 0 saturated heterocycles. The van der Waals surface area contributed by atoms with Gasteiger partial charge in [0.25, 0.3) is 0 Å². The fraction of sp³-hybridized carbons (Fsp3) is 0.833. The molecule has 0 aromatic rings. The summed E-state index contributed by atoms with van der Waals surface area (Å²) in [5, 5.41) is 2.71. The van der Waals surface area contributed by atoms with Crippen LogP contribution in [-0.2, 0) is 14.3 Å². The fourth-order valence-electron chi connectivity index (χ4n) is 2.36. The van der Waals surface area contributed by atoms with Crippen LogP contribution in [0, 0.1) is 11.3 Å². The highest BCUT2D eigenvalue weighted by Crippen LogP contribution is 2.42. The molecule has 2 unspecified atom stereocenters. The Balaban J connectivity index is 2.56. The van der Waals surface area contributed by atoms with Gasteiger partial charge in [0.2, 0.25) is 5.91 Å². The van der Waals surface area contributed by atoms with Gasteiger partial charge >= 0.3 is 5.97 Å². The largest absolute Gasteiger partial charge is 0.467 e. The van der Waals surface area contributed by atoms with Gasteiger partial charge in [-0.1, -0.05) is 20.3 Å². The average molecular weight is 227 g/mol. The number of hydrogen-bond acceptors (Lipinski definition) is 3. The van der Waals surface area contributed by atoms with Gasteiger partial charge in [-0.15, -0.1) is 0 Å². The second kappa shape index (κ2) is 4.85. The standard InChI is InChI=1S/C12H21NO3/c1-8(11(15)16-4)13-10(14)9-6-5-7-12(9,2)3/h8-9H,5-7H2,1-4H3,(H,13,14). The molecule has 4 nitrogen and oxygen atoms in total. The van der Waals surface area contributed by atoms with Crippen LogP contribution in [-0.4, -0.2) is 25.0 Å². The van der Waals surface area contributed by atoms with Crippen molar-refractivity contribution in [3.05, 3.63) is 0 Å². The Hall–Kier alpha value is -1.06. The highest BCUT2D eigenvalue weighted by Gasteiger charge is 2.39. The molecule has 1 aliphatic rings. The molecule has 1 N–H and O–H groups in total. The quantitative estimate of drug-likeness (QED) is 0.743. The number of esters is 1. The third kappa shape index (κ3) is 2.74. The van der Waals surface area contributed by atoms with Crippen molar-refractivity contribution in [2.24, 2.45) is 11.3 Å². The molecule has 16 heavy (non-hydrogen) atoms. The molecule has 0 spiro atoms. The van der Waals surface area contributed by atoms with E-state index >= 15 is 0 Å². The summed E-state index contributed by atoms with van der Waals surface area (Å²) in [6, 6.07) is -0.561. The smallest absolute Gasteiger partial charge is 0.328 e. The van der Waals surface area contributed by atoms with Crippen molar-refractivity contribution in [3.63, 3.8) is 0 Å². The van der Waals surface area contributed by atoms with Gasteiger partial charge in [-0.3, -0.25) is 4.79 Å². The van der Waals surface area contributed by atoms with Gasteiger partial charge in [-0.2, -0.15) is 0 Å². The number of ether oxygens (including phenoxy) is 1. The average Bonchev–Trinajstić information content (AvgIpc) is 2.56. The van der Waals surface area contributed by atoms with E-state index in [-0.39, 0.29) is 17.2 Å². The number of methoxy groups -OCH3 is 1. The van der Waals surface area contributed by atoms with E-state index in [9.17, 15) is 9.59 Å². The highest BCUT2D eigenvalue weighted by atomic mass is 16.5. The molecular weight excluding hydrogens is 206 g/mol. The third-order valence-electron chi connectivity index (χ3n) is 3.49. The second-order valence-electron chi connectivity index (χ2n) is 5.19. The predicted molar refractivity (Wildman–Crippen MR) is 60.7 cm³/mol. The van der Waals surface area contributed by atoms with Crippen molar-refractivity contribution in [1.82, 2.24) is 5.32 Å².